The number of nitro groups is 1. The minimum atomic E-state index is -4.54. The van der Waals surface area contributed by atoms with Crippen LogP contribution in [0, 0.1) is 10.1 Å². The number of nitrogens with zero attached hydrogens (tertiary/aromatic N) is 3. The first kappa shape index (κ1) is 23.8. The summed E-state index contributed by atoms with van der Waals surface area (Å²) in [5, 5.41) is 13.6. The van der Waals surface area contributed by atoms with Crippen LogP contribution in [-0.2, 0) is 17.4 Å². The zero-order chi connectivity index (χ0) is 24.5. The number of non-ortho nitro benzene ring substituents is 1. The molecule has 0 fully saturated rings. The Hall–Kier alpha value is -3.32. The molecule has 0 aliphatic carbocycles. The number of thioether (sulfide) groups is 2. The Morgan fingerprint density at radius 3 is 2.65 bits per heavy atom. The molecule has 2 aromatic carbocycles. The van der Waals surface area contributed by atoms with Crippen molar-refractivity contribution >= 4 is 40.8 Å². The Morgan fingerprint density at radius 2 is 1.97 bits per heavy atom. The molecule has 0 spiro atoms. The molecular weight excluding hydrogens is 493 g/mol. The third-order valence-electron chi connectivity index (χ3n) is 4.79. The summed E-state index contributed by atoms with van der Waals surface area (Å²) in [7, 11) is 0. The van der Waals surface area contributed by atoms with Gasteiger partial charge in [0.05, 0.1) is 32.5 Å². The quantitative estimate of drug-likeness (QED) is 0.225. The number of rotatable bonds is 6. The number of nitrogens with one attached hydrogen (secondary N) is 1. The Balaban J connectivity index is 1.58. The average molecular weight is 509 g/mol. The van der Waals surface area contributed by atoms with Gasteiger partial charge in [-0.05, 0) is 30.3 Å². The van der Waals surface area contributed by atoms with Crippen molar-refractivity contribution in [3.63, 3.8) is 0 Å². The molecule has 8 nitrogen and oxygen atoms in total. The lowest BCUT2D eigenvalue weighted by atomic mass is 10.2. The van der Waals surface area contributed by atoms with E-state index in [2.05, 4.69) is 10.3 Å². The number of alkyl halides is 3. The molecule has 1 aliphatic rings. The van der Waals surface area contributed by atoms with Crippen LogP contribution in [0.5, 0.6) is 0 Å². The molecule has 4 rings (SSSR count). The molecule has 0 bridgehead atoms. The van der Waals surface area contributed by atoms with Crippen LogP contribution in [0.2, 0.25) is 0 Å². The molecule has 0 saturated carbocycles. The van der Waals surface area contributed by atoms with Gasteiger partial charge in [0.25, 0.3) is 11.2 Å². The highest BCUT2D eigenvalue weighted by molar-refractivity contribution is 8.00. The normalized spacial score (nSPS) is 12.9. The molecule has 34 heavy (non-hydrogen) atoms. The van der Waals surface area contributed by atoms with Gasteiger partial charge < -0.3 is 5.32 Å². The van der Waals surface area contributed by atoms with Crippen molar-refractivity contribution in [2.24, 2.45) is 0 Å². The van der Waals surface area contributed by atoms with Gasteiger partial charge in [0.15, 0.2) is 5.16 Å². The molecule has 1 aromatic heterocycles. The van der Waals surface area contributed by atoms with E-state index in [1.165, 1.54) is 52.7 Å². The van der Waals surface area contributed by atoms with Crippen molar-refractivity contribution < 1.29 is 22.9 Å². The Morgan fingerprint density at radius 1 is 1.24 bits per heavy atom. The van der Waals surface area contributed by atoms with Crippen LogP contribution in [-0.4, -0.2) is 31.9 Å². The SMILES string of the molecule is O=C(CSc1nc2c(c(=O)n1-c1ccc([N+](=O)[O-])cc1)SCC2)Nc1cccc(C(F)(F)F)c1. The number of carbonyl (C=O) groups is 1. The fourth-order valence-electron chi connectivity index (χ4n) is 3.24. The maximum Gasteiger partial charge on any atom is 0.416 e. The number of aromatic nitrogens is 2. The molecule has 2 heterocycles. The maximum absolute atomic E-state index is 13.1. The van der Waals surface area contributed by atoms with Crippen molar-refractivity contribution in [1.29, 1.82) is 0 Å². The first-order valence-corrected chi connectivity index (χ1v) is 11.7. The van der Waals surface area contributed by atoms with E-state index in [-0.39, 0.29) is 27.8 Å². The number of fused-ring (bicyclic) bond motifs is 1. The number of halogens is 3. The van der Waals surface area contributed by atoms with Gasteiger partial charge in [-0.1, -0.05) is 17.8 Å². The van der Waals surface area contributed by atoms with Gasteiger partial charge in [-0.25, -0.2) is 4.98 Å². The topological polar surface area (TPSA) is 107 Å². The zero-order valence-corrected chi connectivity index (χ0v) is 18.8. The number of anilines is 1. The van der Waals surface area contributed by atoms with E-state index in [1.807, 2.05) is 0 Å². The molecule has 0 atom stereocenters. The molecule has 13 heteroatoms. The van der Waals surface area contributed by atoms with Crippen LogP contribution in [0.25, 0.3) is 5.69 Å². The third-order valence-corrected chi connectivity index (χ3v) is 6.84. The Labute approximate surface area is 198 Å². The van der Waals surface area contributed by atoms with Gasteiger partial charge in [0, 0.05) is 30.0 Å². The van der Waals surface area contributed by atoms with E-state index < -0.39 is 22.6 Å². The summed E-state index contributed by atoms with van der Waals surface area (Å²) in [6.45, 7) is 0. The monoisotopic (exact) mass is 508 g/mol. The van der Waals surface area contributed by atoms with Crippen LogP contribution < -0.4 is 10.9 Å². The number of nitro benzene ring substituents is 1. The second kappa shape index (κ2) is 9.50. The largest absolute Gasteiger partial charge is 0.416 e. The molecule has 0 saturated heterocycles. The molecular formula is C21H15F3N4O4S2. The lowest BCUT2D eigenvalue weighted by Gasteiger charge is -2.14. The lowest BCUT2D eigenvalue weighted by Crippen LogP contribution is -2.24. The van der Waals surface area contributed by atoms with Crippen molar-refractivity contribution in [2.45, 2.75) is 22.6 Å². The predicted octanol–water partition coefficient (Wildman–Crippen LogP) is 4.54. The van der Waals surface area contributed by atoms with E-state index in [0.717, 1.165) is 23.9 Å². The minimum Gasteiger partial charge on any atom is -0.325 e. The van der Waals surface area contributed by atoms with Crippen LogP contribution in [0.4, 0.5) is 24.5 Å². The number of benzene rings is 2. The molecule has 3 aromatic rings. The Kier molecular flexibility index (Phi) is 6.66. The smallest absolute Gasteiger partial charge is 0.325 e. The van der Waals surface area contributed by atoms with Crippen LogP contribution in [0.15, 0.2) is 63.4 Å². The van der Waals surface area contributed by atoms with E-state index in [1.54, 1.807) is 0 Å². The van der Waals surface area contributed by atoms with Crippen LogP contribution >= 0.6 is 23.5 Å². The first-order valence-electron chi connectivity index (χ1n) is 9.77. The average Bonchev–Trinajstić information content (AvgIpc) is 3.26. The molecule has 1 aliphatic heterocycles. The first-order chi connectivity index (χ1) is 16.1. The summed E-state index contributed by atoms with van der Waals surface area (Å²) >= 11 is 2.31. The number of carbonyl (C=O) groups excluding carboxylic acids is 1. The third kappa shape index (κ3) is 5.09. The van der Waals surface area contributed by atoms with Crippen molar-refractivity contribution in [2.75, 3.05) is 16.8 Å². The van der Waals surface area contributed by atoms with Crippen molar-refractivity contribution in [3.8, 4) is 5.69 Å². The fraction of sp³-hybridized carbons (Fsp3) is 0.190. The molecule has 0 radical (unpaired) electrons. The van der Waals surface area contributed by atoms with E-state index in [0.29, 0.717) is 28.5 Å². The van der Waals surface area contributed by atoms with Gasteiger partial charge in [-0.15, -0.1) is 11.8 Å². The zero-order valence-electron chi connectivity index (χ0n) is 17.2. The molecule has 176 valence electrons. The summed E-state index contributed by atoms with van der Waals surface area (Å²) in [6.07, 6.45) is -3.96. The van der Waals surface area contributed by atoms with Gasteiger partial charge in [0.2, 0.25) is 5.91 Å². The summed E-state index contributed by atoms with van der Waals surface area (Å²) in [5.41, 5.74) is -0.431. The fourth-order valence-corrected chi connectivity index (χ4v) is 5.09. The number of aryl methyl sites for hydroxylation is 1. The second-order valence-electron chi connectivity index (χ2n) is 7.10. The number of amides is 1. The van der Waals surface area contributed by atoms with Gasteiger partial charge in [-0.2, -0.15) is 13.2 Å². The van der Waals surface area contributed by atoms with E-state index >= 15 is 0 Å². The van der Waals surface area contributed by atoms with Gasteiger partial charge >= 0.3 is 6.18 Å². The second-order valence-corrected chi connectivity index (χ2v) is 9.15. The lowest BCUT2D eigenvalue weighted by molar-refractivity contribution is -0.384. The highest BCUT2D eigenvalue weighted by Gasteiger charge is 2.30. The summed E-state index contributed by atoms with van der Waals surface area (Å²) in [4.78, 5) is 40.9. The van der Waals surface area contributed by atoms with Gasteiger partial charge in [-0.3, -0.25) is 24.3 Å². The summed E-state index contributed by atoms with van der Waals surface area (Å²) in [6, 6.07) is 9.63. The minimum absolute atomic E-state index is 0.00787. The maximum atomic E-state index is 13.1. The van der Waals surface area contributed by atoms with E-state index in [9.17, 15) is 32.9 Å². The highest BCUT2D eigenvalue weighted by atomic mass is 32.2. The van der Waals surface area contributed by atoms with Gasteiger partial charge in [0.1, 0.15) is 0 Å². The molecule has 1 amide bonds. The van der Waals surface area contributed by atoms with E-state index in [4.69, 9.17) is 0 Å². The molecule has 1 N–H and O–H groups in total. The number of hydrogen-bond acceptors (Lipinski definition) is 7. The predicted molar refractivity (Wildman–Crippen MR) is 122 cm³/mol. The summed E-state index contributed by atoms with van der Waals surface area (Å²) < 4.78 is 40.0. The summed E-state index contributed by atoms with van der Waals surface area (Å²) in [5.74, 6) is -0.118. The van der Waals surface area contributed by atoms with Crippen LogP contribution in [0.3, 0.4) is 0 Å². The van der Waals surface area contributed by atoms with Crippen LogP contribution in [0.1, 0.15) is 11.3 Å². The van der Waals surface area contributed by atoms with Crippen molar-refractivity contribution in [3.05, 3.63) is 80.3 Å². The molecule has 0 unspecified atom stereocenters. The Bertz CT molecular complexity index is 1330. The van der Waals surface area contributed by atoms with Crippen molar-refractivity contribution in [1.82, 2.24) is 9.55 Å². The standard InChI is InChI=1S/C21H15F3N4O4S2/c22-21(23,24)12-2-1-3-13(10-12)25-17(29)11-34-20-26-16-8-9-33-18(16)19(30)27(20)14-4-6-15(7-5-14)28(31)32/h1-7,10H,8-9,11H2,(H,25,29). The number of hydrogen-bond donors (Lipinski definition) is 1. The highest BCUT2D eigenvalue weighted by Crippen LogP contribution is 2.32.